The van der Waals surface area contributed by atoms with Gasteiger partial charge in [0, 0.05) is 39.1 Å². The molecule has 0 aliphatic carbocycles. The van der Waals surface area contributed by atoms with Crippen molar-refractivity contribution in [2.75, 3.05) is 20.8 Å². The summed E-state index contributed by atoms with van der Waals surface area (Å²) in [6.07, 6.45) is 1.74. The number of methoxy groups -OCH3 is 2. The molecule has 3 aromatic heterocycles. The molecule has 0 fully saturated rings. The van der Waals surface area contributed by atoms with Crippen molar-refractivity contribution in [2.24, 2.45) is 7.05 Å². The van der Waals surface area contributed by atoms with Crippen LogP contribution in [0.25, 0.3) is 16.9 Å². The van der Waals surface area contributed by atoms with Crippen LogP contribution >= 0.6 is 0 Å². The fourth-order valence-corrected chi connectivity index (χ4v) is 3.02. The third-order valence-electron chi connectivity index (χ3n) is 4.43. The molecule has 3 rings (SSSR count). The molecule has 3 aromatic rings. The van der Waals surface area contributed by atoms with Gasteiger partial charge in [-0.05, 0) is 6.92 Å². The Morgan fingerprint density at radius 1 is 1.19 bits per heavy atom. The highest BCUT2D eigenvalue weighted by atomic mass is 16.5. The van der Waals surface area contributed by atoms with E-state index in [9.17, 15) is 14.4 Å². The topological polar surface area (TPSA) is 102 Å². The van der Waals surface area contributed by atoms with Crippen LogP contribution in [0.2, 0.25) is 0 Å². The van der Waals surface area contributed by atoms with Crippen molar-refractivity contribution in [3.05, 3.63) is 32.7 Å². The van der Waals surface area contributed by atoms with Crippen LogP contribution in [0.5, 0.6) is 0 Å². The zero-order chi connectivity index (χ0) is 19.0. The first kappa shape index (κ1) is 17.9. The molecule has 0 amide bonds. The summed E-state index contributed by atoms with van der Waals surface area (Å²) in [4.78, 5) is 41.3. The van der Waals surface area contributed by atoms with E-state index < -0.39 is 17.2 Å². The predicted octanol–water partition coefficient (Wildman–Crippen LogP) is -0.333. The predicted molar refractivity (Wildman–Crippen MR) is 93.4 cm³/mol. The Morgan fingerprint density at radius 2 is 1.92 bits per heavy atom. The molecule has 26 heavy (non-hydrogen) atoms. The fraction of sp³-hybridized carbons (Fsp3) is 0.500. The number of ether oxygens (including phenoxy) is 2. The minimum atomic E-state index is -0.521. The first-order chi connectivity index (χ1) is 12.4. The number of hydrogen-bond acceptors (Lipinski definition) is 6. The van der Waals surface area contributed by atoms with Crippen LogP contribution in [0.1, 0.15) is 12.1 Å². The molecule has 10 nitrogen and oxygen atoms in total. The van der Waals surface area contributed by atoms with Gasteiger partial charge in [-0.25, -0.2) is 4.79 Å². The molecular formula is C16H21N5O5. The number of fused-ring (bicyclic) bond motifs is 3. The van der Waals surface area contributed by atoms with E-state index >= 15 is 0 Å². The van der Waals surface area contributed by atoms with Gasteiger partial charge in [-0.2, -0.15) is 4.98 Å². The van der Waals surface area contributed by atoms with Gasteiger partial charge in [0.15, 0.2) is 11.2 Å². The molecule has 0 aliphatic heterocycles. The van der Waals surface area contributed by atoms with Gasteiger partial charge in [-0.15, -0.1) is 0 Å². The lowest BCUT2D eigenvalue weighted by atomic mass is 10.4. The van der Waals surface area contributed by atoms with Gasteiger partial charge in [0.05, 0.1) is 20.1 Å². The van der Waals surface area contributed by atoms with Gasteiger partial charge in [-0.3, -0.25) is 23.1 Å². The van der Waals surface area contributed by atoms with Crippen molar-refractivity contribution in [2.45, 2.75) is 26.4 Å². The van der Waals surface area contributed by atoms with E-state index in [1.807, 2.05) is 11.5 Å². The number of rotatable bonds is 6. The van der Waals surface area contributed by atoms with Gasteiger partial charge in [-0.1, -0.05) is 0 Å². The van der Waals surface area contributed by atoms with Crippen LogP contribution in [0, 0.1) is 6.92 Å². The van der Waals surface area contributed by atoms with Crippen LogP contribution in [0.4, 0.5) is 0 Å². The third kappa shape index (κ3) is 2.71. The maximum Gasteiger partial charge on any atom is 0.332 e. The summed E-state index contributed by atoms with van der Waals surface area (Å²) in [6, 6.07) is 0. The molecule has 0 radical (unpaired) electrons. The molecule has 0 spiro atoms. The third-order valence-corrected chi connectivity index (χ3v) is 4.43. The molecule has 140 valence electrons. The average Bonchev–Trinajstić information content (AvgIpc) is 3.12. The summed E-state index contributed by atoms with van der Waals surface area (Å²) in [5, 5.41) is 0. The molecule has 0 saturated heterocycles. The SMILES string of the molecule is COCCn1c(C)cn2c3c(=O)n(CCC(=O)OC)c(=O)n(C)c3nc12. The number of carbonyl (C=O) groups excluding carboxylic acids is 1. The summed E-state index contributed by atoms with van der Waals surface area (Å²) in [5.74, 6) is 0.0754. The molecule has 10 heteroatoms. The fourth-order valence-electron chi connectivity index (χ4n) is 3.02. The Balaban J connectivity index is 2.24. The van der Waals surface area contributed by atoms with Crippen molar-refractivity contribution in [3.8, 4) is 0 Å². The van der Waals surface area contributed by atoms with Crippen LogP contribution in [0.15, 0.2) is 15.8 Å². The second-order valence-corrected chi connectivity index (χ2v) is 5.99. The number of aromatic nitrogens is 5. The van der Waals surface area contributed by atoms with E-state index in [-0.39, 0.29) is 13.0 Å². The van der Waals surface area contributed by atoms with Gasteiger partial charge in [0.1, 0.15) is 0 Å². The minimum absolute atomic E-state index is 0.0509. The highest BCUT2D eigenvalue weighted by molar-refractivity contribution is 5.75. The lowest BCUT2D eigenvalue weighted by Gasteiger charge is -2.07. The van der Waals surface area contributed by atoms with Crippen molar-refractivity contribution < 1.29 is 14.3 Å². The minimum Gasteiger partial charge on any atom is -0.469 e. The first-order valence-corrected chi connectivity index (χ1v) is 8.14. The van der Waals surface area contributed by atoms with Crippen molar-refractivity contribution >= 4 is 22.9 Å². The Bertz CT molecular complexity index is 1100. The van der Waals surface area contributed by atoms with Gasteiger partial charge < -0.3 is 14.0 Å². The zero-order valence-electron chi connectivity index (χ0n) is 15.2. The van der Waals surface area contributed by atoms with Crippen LogP contribution < -0.4 is 11.2 Å². The lowest BCUT2D eigenvalue weighted by molar-refractivity contribution is -0.140. The number of carbonyl (C=O) groups is 1. The standard InChI is InChI=1S/C16H21N5O5/c1-10-9-21-12-13(17-15(21)19(10)7-8-25-3)18(2)16(24)20(14(12)23)6-5-11(22)26-4/h9H,5-8H2,1-4H3. The monoisotopic (exact) mass is 363 g/mol. The maximum atomic E-state index is 12.9. The number of nitrogens with zero attached hydrogens (tertiary/aromatic N) is 5. The van der Waals surface area contributed by atoms with E-state index in [1.165, 1.54) is 11.7 Å². The summed E-state index contributed by atoms with van der Waals surface area (Å²) in [5.41, 5.74) is 0.512. The van der Waals surface area contributed by atoms with Gasteiger partial charge >= 0.3 is 11.7 Å². The quantitative estimate of drug-likeness (QED) is 0.556. The first-order valence-electron chi connectivity index (χ1n) is 8.14. The summed E-state index contributed by atoms with van der Waals surface area (Å²) in [7, 11) is 4.43. The second kappa shape index (κ2) is 6.79. The van der Waals surface area contributed by atoms with E-state index in [1.54, 1.807) is 24.8 Å². The number of aryl methyl sites for hydroxylation is 2. The summed E-state index contributed by atoms with van der Waals surface area (Å²) in [6.45, 7) is 2.93. The molecule has 0 bridgehead atoms. The van der Waals surface area contributed by atoms with E-state index in [4.69, 9.17) is 4.74 Å². The number of imidazole rings is 2. The molecule has 0 aromatic carbocycles. The van der Waals surface area contributed by atoms with Crippen molar-refractivity contribution in [3.63, 3.8) is 0 Å². The zero-order valence-corrected chi connectivity index (χ0v) is 15.2. The maximum absolute atomic E-state index is 12.9. The number of hydrogen-bond donors (Lipinski definition) is 0. The lowest BCUT2D eigenvalue weighted by Crippen LogP contribution is -2.39. The Kier molecular flexibility index (Phi) is 4.68. The molecule has 3 heterocycles. The van der Waals surface area contributed by atoms with Gasteiger partial charge in [0.25, 0.3) is 5.56 Å². The summed E-state index contributed by atoms with van der Waals surface area (Å²) < 4.78 is 15.7. The Morgan fingerprint density at radius 3 is 2.58 bits per heavy atom. The molecule has 0 unspecified atom stereocenters. The Hall–Kier alpha value is -2.88. The molecule has 0 aliphatic rings. The second-order valence-electron chi connectivity index (χ2n) is 5.99. The highest BCUT2D eigenvalue weighted by Crippen LogP contribution is 2.16. The molecule has 0 saturated carbocycles. The molecule has 0 N–H and O–H groups in total. The van der Waals surface area contributed by atoms with Crippen LogP contribution in [-0.4, -0.2) is 49.9 Å². The van der Waals surface area contributed by atoms with Crippen molar-refractivity contribution in [1.29, 1.82) is 0 Å². The van der Waals surface area contributed by atoms with E-state index in [0.29, 0.717) is 30.1 Å². The normalized spacial score (nSPS) is 11.5. The average molecular weight is 363 g/mol. The van der Waals surface area contributed by atoms with E-state index in [0.717, 1.165) is 10.3 Å². The molecule has 0 atom stereocenters. The smallest absolute Gasteiger partial charge is 0.332 e. The van der Waals surface area contributed by atoms with Crippen LogP contribution in [0.3, 0.4) is 0 Å². The Labute approximate surface area is 148 Å². The largest absolute Gasteiger partial charge is 0.469 e. The van der Waals surface area contributed by atoms with E-state index in [2.05, 4.69) is 9.72 Å². The molecular weight excluding hydrogens is 342 g/mol. The summed E-state index contributed by atoms with van der Waals surface area (Å²) >= 11 is 0. The highest BCUT2D eigenvalue weighted by Gasteiger charge is 2.20. The van der Waals surface area contributed by atoms with Gasteiger partial charge in [0.2, 0.25) is 5.78 Å². The van der Waals surface area contributed by atoms with Crippen LogP contribution in [-0.2, 0) is 34.4 Å². The van der Waals surface area contributed by atoms with Crippen molar-refractivity contribution in [1.82, 2.24) is 23.1 Å². The number of esters is 1.